The first-order chi connectivity index (χ1) is 13.5. The number of halogens is 1. The van der Waals surface area contributed by atoms with Gasteiger partial charge in [-0.2, -0.15) is 0 Å². The van der Waals surface area contributed by atoms with Crippen LogP contribution < -0.4 is 21.9 Å². The molecule has 3 aromatic rings. The molecule has 0 spiro atoms. The van der Waals surface area contributed by atoms with Crippen molar-refractivity contribution in [1.82, 2.24) is 15.4 Å². The van der Waals surface area contributed by atoms with Gasteiger partial charge in [0.15, 0.2) is 11.6 Å². The molecule has 28 heavy (non-hydrogen) atoms. The number of anilines is 4. The van der Waals surface area contributed by atoms with Crippen molar-refractivity contribution in [3.63, 3.8) is 0 Å². The number of carbonyl (C=O) groups excluding carboxylic acids is 1. The van der Waals surface area contributed by atoms with E-state index in [9.17, 15) is 4.79 Å². The van der Waals surface area contributed by atoms with E-state index in [2.05, 4.69) is 40.0 Å². The molecule has 0 aliphatic carbocycles. The quantitative estimate of drug-likeness (QED) is 0.462. The van der Waals surface area contributed by atoms with Crippen molar-refractivity contribution >= 4 is 40.5 Å². The zero-order valence-corrected chi connectivity index (χ0v) is 16.3. The molecule has 1 heterocycles. The number of benzene rings is 2. The van der Waals surface area contributed by atoms with Crippen molar-refractivity contribution in [2.75, 3.05) is 16.5 Å². The number of nitrogens with two attached hydrogens (primary N) is 1. The molecule has 0 saturated heterocycles. The largest absolute Gasteiger partial charge is 0.393 e. The highest BCUT2D eigenvalue weighted by Crippen LogP contribution is 2.26. The van der Waals surface area contributed by atoms with Crippen LogP contribution >= 0.6 is 11.6 Å². The van der Waals surface area contributed by atoms with Gasteiger partial charge in [-0.15, -0.1) is 0 Å². The van der Waals surface area contributed by atoms with E-state index in [1.54, 1.807) is 24.3 Å². The first kappa shape index (κ1) is 19.4. The van der Waals surface area contributed by atoms with E-state index in [1.807, 2.05) is 24.3 Å². The lowest BCUT2D eigenvalue weighted by Gasteiger charge is -2.14. The Morgan fingerprint density at radius 3 is 2.39 bits per heavy atom. The maximum atomic E-state index is 12.3. The Hall–Kier alpha value is -3.32. The summed E-state index contributed by atoms with van der Waals surface area (Å²) in [6, 6.07) is 14.8. The predicted molar refractivity (Wildman–Crippen MR) is 113 cm³/mol. The summed E-state index contributed by atoms with van der Waals surface area (Å²) >= 11 is 6.03. The van der Waals surface area contributed by atoms with Crippen molar-refractivity contribution < 1.29 is 4.79 Å². The lowest BCUT2D eigenvalue weighted by atomic mass is 10.0. The number of nitrogen functional groups attached to an aromatic ring is 1. The van der Waals surface area contributed by atoms with Gasteiger partial charge >= 0.3 is 0 Å². The third-order valence-corrected chi connectivity index (χ3v) is 4.47. The maximum Gasteiger partial charge on any atom is 0.271 e. The van der Waals surface area contributed by atoms with Crippen molar-refractivity contribution in [2.45, 2.75) is 19.8 Å². The van der Waals surface area contributed by atoms with Crippen LogP contribution in [0.2, 0.25) is 5.02 Å². The molecule has 5 N–H and O–H groups in total. The average molecular weight is 397 g/mol. The van der Waals surface area contributed by atoms with E-state index >= 15 is 0 Å². The Balaban J connectivity index is 1.70. The number of hydrogen-bond donors (Lipinski definition) is 4. The normalized spacial score (nSPS) is 10.6. The average Bonchev–Trinajstić information content (AvgIpc) is 2.69. The van der Waals surface area contributed by atoms with Crippen LogP contribution in [0.15, 0.2) is 54.9 Å². The minimum Gasteiger partial charge on any atom is -0.393 e. The molecule has 0 saturated carbocycles. The molecule has 2 aromatic carbocycles. The molecule has 144 valence electrons. The van der Waals surface area contributed by atoms with Crippen molar-refractivity contribution in [3.05, 3.63) is 71.0 Å². The van der Waals surface area contributed by atoms with Crippen LogP contribution in [0.5, 0.6) is 0 Å². The summed E-state index contributed by atoms with van der Waals surface area (Å²) in [6.07, 6.45) is 1.35. The van der Waals surface area contributed by atoms with Gasteiger partial charge in [-0.05, 0) is 35.7 Å². The lowest BCUT2D eigenvalue weighted by molar-refractivity contribution is 0.0962. The second-order valence-electron chi connectivity index (χ2n) is 6.45. The SMILES string of the molecule is CC(C)c1ccc(Nc2ncnc(NNC(=O)c3ccccc3Cl)c2N)cc1. The van der Waals surface area contributed by atoms with Crippen molar-refractivity contribution in [3.8, 4) is 0 Å². The first-order valence-corrected chi connectivity index (χ1v) is 9.12. The third kappa shape index (κ3) is 4.50. The van der Waals surface area contributed by atoms with Gasteiger partial charge in [0.25, 0.3) is 5.91 Å². The third-order valence-electron chi connectivity index (χ3n) is 4.14. The Bertz CT molecular complexity index is 975. The van der Waals surface area contributed by atoms with Gasteiger partial charge in [-0.3, -0.25) is 15.6 Å². The summed E-state index contributed by atoms with van der Waals surface area (Å²) in [5.74, 6) is 0.761. The summed E-state index contributed by atoms with van der Waals surface area (Å²) in [5, 5.41) is 3.51. The van der Waals surface area contributed by atoms with Crippen LogP contribution in [0.4, 0.5) is 23.0 Å². The molecule has 1 amide bonds. The summed E-state index contributed by atoms with van der Waals surface area (Å²) in [4.78, 5) is 20.5. The second-order valence-corrected chi connectivity index (χ2v) is 6.85. The summed E-state index contributed by atoms with van der Waals surface area (Å²) in [5.41, 5.74) is 14.1. The minimum absolute atomic E-state index is 0.273. The van der Waals surface area contributed by atoms with Gasteiger partial charge in [-0.25, -0.2) is 9.97 Å². The Kier molecular flexibility index (Phi) is 5.96. The number of nitrogens with zero attached hydrogens (tertiary/aromatic N) is 2. The molecule has 3 rings (SSSR count). The number of carbonyl (C=O) groups is 1. The highest BCUT2D eigenvalue weighted by atomic mass is 35.5. The van der Waals surface area contributed by atoms with E-state index in [1.165, 1.54) is 11.9 Å². The summed E-state index contributed by atoms with van der Waals surface area (Å²) in [6.45, 7) is 4.28. The smallest absolute Gasteiger partial charge is 0.271 e. The zero-order chi connectivity index (χ0) is 20.1. The monoisotopic (exact) mass is 396 g/mol. The molecule has 0 aliphatic heterocycles. The fraction of sp³-hybridized carbons (Fsp3) is 0.150. The molecule has 7 nitrogen and oxygen atoms in total. The van der Waals surface area contributed by atoms with Crippen LogP contribution in [0, 0.1) is 0 Å². The van der Waals surface area contributed by atoms with Crippen LogP contribution in [-0.2, 0) is 0 Å². The van der Waals surface area contributed by atoms with E-state index in [4.69, 9.17) is 17.3 Å². The van der Waals surface area contributed by atoms with Crippen molar-refractivity contribution in [2.24, 2.45) is 0 Å². The molecule has 0 aliphatic rings. The van der Waals surface area contributed by atoms with E-state index in [0.29, 0.717) is 22.3 Å². The summed E-state index contributed by atoms with van der Waals surface area (Å²) < 4.78 is 0. The molecule has 0 atom stereocenters. The van der Waals surface area contributed by atoms with Gasteiger partial charge < -0.3 is 11.1 Å². The Morgan fingerprint density at radius 2 is 1.71 bits per heavy atom. The van der Waals surface area contributed by atoms with E-state index in [0.717, 1.165) is 5.69 Å². The Morgan fingerprint density at radius 1 is 1.04 bits per heavy atom. The second kappa shape index (κ2) is 8.58. The first-order valence-electron chi connectivity index (χ1n) is 8.74. The number of nitrogens with one attached hydrogen (secondary N) is 3. The highest BCUT2D eigenvalue weighted by molar-refractivity contribution is 6.33. The number of rotatable bonds is 6. The predicted octanol–water partition coefficient (Wildman–Crippen LogP) is 4.34. The molecule has 0 bridgehead atoms. The molecule has 8 heteroatoms. The molecule has 0 fully saturated rings. The van der Waals surface area contributed by atoms with Gasteiger partial charge in [0.2, 0.25) is 0 Å². The van der Waals surface area contributed by atoms with Gasteiger partial charge in [0.1, 0.15) is 12.0 Å². The van der Waals surface area contributed by atoms with Crippen LogP contribution in [-0.4, -0.2) is 15.9 Å². The van der Waals surface area contributed by atoms with Gasteiger partial charge in [-0.1, -0.05) is 49.7 Å². The van der Waals surface area contributed by atoms with E-state index in [-0.39, 0.29) is 11.5 Å². The van der Waals surface area contributed by atoms with Gasteiger partial charge in [0.05, 0.1) is 10.6 Å². The van der Waals surface area contributed by atoms with Crippen LogP contribution in [0.1, 0.15) is 35.7 Å². The topological polar surface area (TPSA) is 105 Å². The fourth-order valence-electron chi connectivity index (χ4n) is 2.51. The number of hydrazine groups is 1. The molecule has 0 unspecified atom stereocenters. The van der Waals surface area contributed by atoms with Crippen molar-refractivity contribution in [1.29, 1.82) is 0 Å². The number of aromatic nitrogens is 2. The van der Waals surface area contributed by atoms with Crippen LogP contribution in [0.25, 0.3) is 0 Å². The molecular formula is C20H21ClN6O. The van der Waals surface area contributed by atoms with Gasteiger partial charge in [0, 0.05) is 5.69 Å². The Labute approximate surface area is 168 Å². The molecular weight excluding hydrogens is 376 g/mol. The van der Waals surface area contributed by atoms with Crippen LogP contribution in [0.3, 0.4) is 0 Å². The van der Waals surface area contributed by atoms with E-state index < -0.39 is 5.91 Å². The number of amides is 1. The standard InChI is InChI=1S/C20H21ClN6O/c1-12(2)13-7-9-14(10-8-13)25-18-17(22)19(24-11-23-18)26-27-20(28)15-5-3-4-6-16(15)21/h3-12H,22H2,1-2H3,(H,27,28)(H2,23,24,25,26). The number of hydrogen-bond acceptors (Lipinski definition) is 6. The highest BCUT2D eigenvalue weighted by Gasteiger charge is 2.12. The lowest BCUT2D eigenvalue weighted by Crippen LogP contribution is -2.30. The fourth-order valence-corrected chi connectivity index (χ4v) is 2.73. The summed E-state index contributed by atoms with van der Waals surface area (Å²) in [7, 11) is 0. The molecule has 1 aromatic heterocycles. The molecule has 0 radical (unpaired) electrons. The maximum absolute atomic E-state index is 12.3. The zero-order valence-electron chi connectivity index (χ0n) is 15.5. The minimum atomic E-state index is -0.401.